The van der Waals surface area contributed by atoms with Crippen molar-refractivity contribution >= 4 is 36.5 Å². The summed E-state index contributed by atoms with van der Waals surface area (Å²) < 4.78 is 14.9. The van der Waals surface area contributed by atoms with Crippen molar-refractivity contribution in [2.75, 3.05) is 0 Å². The lowest BCUT2D eigenvalue weighted by atomic mass is 9.98. The summed E-state index contributed by atoms with van der Waals surface area (Å²) in [5, 5.41) is 2.01. The van der Waals surface area contributed by atoms with Crippen LogP contribution in [0.3, 0.4) is 0 Å². The number of carbonyl (C=O) groups excluding carboxylic acids is 1. The molecule has 1 aliphatic rings. The summed E-state index contributed by atoms with van der Waals surface area (Å²) in [6.45, 7) is 1.56. The number of halogens is 1. The van der Waals surface area contributed by atoms with Crippen LogP contribution in [0.5, 0.6) is 5.75 Å². The topological polar surface area (TPSA) is 71.0 Å². The quantitative estimate of drug-likeness (QED) is 0.529. The Morgan fingerprint density at radius 1 is 1.23 bits per heavy atom. The lowest BCUT2D eigenvalue weighted by Gasteiger charge is -2.22. The van der Waals surface area contributed by atoms with E-state index in [2.05, 4.69) is 4.74 Å². The van der Waals surface area contributed by atoms with Gasteiger partial charge in [0.25, 0.3) is 0 Å². The molecule has 1 saturated carbocycles. The van der Waals surface area contributed by atoms with Gasteiger partial charge in [0.2, 0.25) is 5.75 Å². The normalized spacial score (nSPS) is 17.1. The second-order valence-corrected chi connectivity index (χ2v) is 7.71. The monoisotopic (exact) mass is 393 g/mol. The maximum absolute atomic E-state index is 12.3. The van der Waals surface area contributed by atoms with E-state index in [0.29, 0.717) is 10.8 Å². The SMILES string of the molecule is C[C@H](/N=[P+](\[O-])Oc1c(Cl)ccc2ccccc12)C(=O)OC1CCCCC1. The minimum absolute atomic E-state index is 0.0554. The van der Waals surface area contributed by atoms with E-state index in [-0.39, 0.29) is 6.10 Å². The number of ether oxygens (including phenoxy) is 1. The van der Waals surface area contributed by atoms with E-state index in [1.54, 1.807) is 13.0 Å². The predicted octanol–water partition coefficient (Wildman–Crippen LogP) is 4.99. The zero-order valence-electron chi connectivity index (χ0n) is 14.6. The maximum Gasteiger partial charge on any atom is 0.395 e. The van der Waals surface area contributed by atoms with Gasteiger partial charge in [-0.25, -0.2) is 4.79 Å². The van der Waals surface area contributed by atoms with Crippen molar-refractivity contribution in [3.8, 4) is 5.75 Å². The molecule has 1 unspecified atom stereocenters. The van der Waals surface area contributed by atoms with Gasteiger partial charge in [-0.05, 0) is 44.1 Å². The van der Waals surface area contributed by atoms with Crippen molar-refractivity contribution in [2.45, 2.75) is 51.2 Å². The third-order valence-electron chi connectivity index (χ3n) is 4.44. The first-order valence-electron chi connectivity index (χ1n) is 8.78. The second-order valence-electron chi connectivity index (χ2n) is 6.42. The van der Waals surface area contributed by atoms with Gasteiger partial charge in [0.05, 0.1) is 5.02 Å². The Balaban J connectivity index is 1.70. The van der Waals surface area contributed by atoms with Crippen molar-refractivity contribution in [2.24, 2.45) is 4.74 Å². The van der Waals surface area contributed by atoms with Crippen LogP contribution in [-0.4, -0.2) is 18.1 Å². The van der Waals surface area contributed by atoms with Crippen molar-refractivity contribution in [3.63, 3.8) is 0 Å². The molecule has 0 saturated heterocycles. The highest BCUT2D eigenvalue weighted by Crippen LogP contribution is 2.38. The summed E-state index contributed by atoms with van der Waals surface area (Å²) in [7, 11) is -2.45. The molecular weight excluding hydrogens is 373 g/mol. The highest BCUT2D eigenvalue weighted by molar-refractivity contribution is 7.34. The number of benzene rings is 2. The Bertz CT molecular complexity index is 820. The molecule has 0 bridgehead atoms. The minimum atomic E-state index is -2.45. The fourth-order valence-electron chi connectivity index (χ4n) is 3.05. The number of rotatable bonds is 5. The number of hydrogen-bond acceptors (Lipinski definition) is 5. The van der Waals surface area contributed by atoms with Gasteiger partial charge in [0, 0.05) is 5.39 Å². The Morgan fingerprint density at radius 2 is 1.96 bits per heavy atom. The molecule has 0 heterocycles. The lowest BCUT2D eigenvalue weighted by molar-refractivity contribution is -0.170. The average molecular weight is 394 g/mol. The summed E-state index contributed by atoms with van der Waals surface area (Å²) in [5.74, 6) is -0.157. The van der Waals surface area contributed by atoms with Gasteiger partial charge in [-0.2, -0.15) is 0 Å². The molecule has 2 aromatic rings. The van der Waals surface area contributed by atoms with E-state index >= 15 is 0 Å². The van der Waals surface area contributed by atoms with Gasteiger partial charge >= 0.3 is 14.1 Å². The van der Waals surface area contributed by atoms with Crippen molar-refractivity contribution in [3.05, 3.63) is 41.4 Å². The molecule has 2 aromatic carbocycles. The summed E-state index contributed by atoms with van der Waals surface area (Å²) in [5.41, 5.74) is 0. The summed E-state index contributed by atoms with van der Waals surface area (Å²) in [6.07, 6.45) is 5.03. The van der Waals surface area contributed by atoms with Crippen molar-refractivity contribution < 1.29 is 18.9 Å². The number of carbonyl (C=O) groups is 1. The van der Waals surface area contributed by atoms with Gasteiger partial charge in [-0.3, -0.25) is 4.52 Å². The number of nitrogens with zero attached hydrogens (tertiary/aromatic N) is 1. The Kier molecular flexibility index (Phi) is 6.47. The molecule has 0 spiro atoms. The molecule has 1 fully saturated rings. The van der Waals surface area contributed by atoms with E-state index in [9.17, 15) is 9.69 Å². The van der Waals surface area contributed by atoms with Crippen LogP contribution in [0, 0.1) is 0 Å². The molecule has 26 heavy (non-hydrogen) atoms. The third-order valence-corrected chi connectivity index (χ3v) is 5.62. The molecule has 0 N–H and O–H groups in total. The highest BCUT2D eigenvalue weighted by atomic mass is 35.5. The van der Waals surface area contributed by atoms with Crippen LogP contribution in [-0.2, 0) is 9.53 Å². The Hall–Kier alpha value is -1.68. The zero-order valence-corrected chi connectivity index (χ0v) is 16.2. The largest absolute Gasteiger partial charge is 0.575 e. The summed E-state index contributed by atoms with van der Waals surface area (Å²) in [6, 6.07) is 10.2. The first-order chi connectivity index (χ1) is 12.5. The van der Waals surface area contributed by atoms with Crippen LogP contribution < -0.4 is 9.42 Å². The Labute approximate surface area is 158 Å². The standard InChI is InChI=1S/C19H21ClNO4P/c1-13(19(22)24-15-8-3-2-4-9-15)21-26(23)25-18-16-10-6-5-7-14(16)11-12-17(18)20/h5-7,10-13,15H,2-4,8-9H2,1H3/t13-/m0/s1. The van der Waals surface area contributed by atoms with Crippen molar-refractivity contribution in [1.82, 2.24) is 0 Å². The molecular formula is C19H21ClNO4P. The fourth-order valence-corrected chi connectivity index (χ4v) is 4.08. The zero-order chi connectivity index (χ0) is 18.5. The predicted molar refractivity (Wildman–Crippen MR) is 101 cm³/mol. The third kappa shape index (κ3) is 4.73. The smallest absolute Gasteiger partial charge is 0.395 e. The fraction of sp³-hybridized carbons (Fsp3) is 0.421. The lowest BCUT2D eigenvalue weighted by Crippen LogP contribution is -2.26. The van der Waals surface area contributed by atoms with Gasteiger partial charge < -0.3 is 9.63 Å². The highest BCUT2D eigenvalue weighted by Gasteiger charge is 2.24. The van der Waals surface area contributed by atoms with Crippen LogP contribution in [0.1, 0.15) is 39.0 Å². The minimum Gasteiger partial charge on any atom is -0.575 e. The van der Waals surface area contributed by atoms with Gasteiger partial charge in [0.1, 0.15) is 6.10 Å². The molecule has 0 aliphatic heterocycles. The molecule has 1 aliphatic carbocycles. The van der Waals surface area contributed by atoms with E-state index in [0.717, 1.165) is 36.5 Å². The molecule has 0 aromatic heterocycles. The number of hydrogen-bond donors (Lipinski definition) is 0. The molecule has 0 amide bonds. The molecule has 0 radical (unpaired) electrons. The van der Waals surface area contributed by atoms with E-state index in [4.69, 9.17) is 20.9 Å². The molecule has 138 valence electrons. The molecule has 3 rings (SSSR count). The van der Waals surface area contributed by atoms with Crippen LogP contribution >= 0.6 is 19.8 Å². The average Bonchev–Trinajstić information content (AvgIpc) is 2.65. The van der Waals surface area contributed by atoms with E-state index < -0.39 is 20.2 Å². The van der Waals surface area contributed by atoms with Crippen LogP contribution in [0.15, 0.2) is 41.1 Å². The summed E-state index contributed by atoms with van der Waals surface area (Å²) >= 11 is 6.19. The first kappa shape index (κ1) is 19.1. The first-order valence-corrected chi connectivity index (χ1v) is 10.3. The second kappa shape index (κ2) is 8.81. The molecule has 7 heteroatoms. The number of esters is 1. The van der Waals surface area contributed by atoms with Crippen LogP contribution in [0.4, 0.5) is 0 Å². The maximum atomic E-state index is 12.3. The van der Waals surface area contributed by atoms with E-state index in [1.807, 2.05) is 30.3 Å². The van der Waals surface area contributed by atoms with Crippen LogP contribution in [0.25, 0.3) is 10.8 Å². The van der Waals surface area contributed by atoms with Gasteiger partial charge in [-0.15, -0.1) is 0 Å². The Morgan fingerprint density at radius 3 is 2.73 bits per heavy atom. The summed E-state index contributed by atoms with van der Waals surface area (Å²) in [4.78, 5) is 24.5. The van der Waals surface area contributed by atoms with Gasteiger partial charge in [0.15, 0.2) is 6.04 Å². The molecule has 2 atom stereocenters. The van der Waals surface area contributed by atoms with Gasteiger partial charge in [-0.1, -0.05) is 53.1 Å². The number of fused-ring (bicyclic) bond motifs is 1. The van der Waals surface area contributed by atoms with Crippen molar-refractivity contribution in [1.29, 1.82) is 0 Å². The van der Waals surface area contributed by atoms with E-state index in [1.165, 1.54) is 6.42 Å². The molecule has 5 nitrogen and oxygen atoms in total. The van der Waals surface area contributed by atoms with Crippen LogP contribution in [0.2, 0.25) is 5.02 Å².